The van der Waals surface area contributed by atoms with E-state index >= 15 is 0 Å². The van der Waals surface area contributed by atoms with Gasteiger partial charge in [-0.3, -0.25) is 4.79 Å². The molecule has 0 bridgehead atoms. The zero-order chi connectivity index (χ0) is 15.8. The molecule has 1 fully saturated rings. The van der Waals surface area contributed by atoms with Crippen molar-refractivity contribution in [2.75, 3.05) is 6.54 Å². The van der Waals surface area contributed by atoms with Crippen molar-refractivity contribution in [3.63, 3.8) is 0 Å². The highest BCUT2D eigenvalue weighted by molar-refractivity contribution is 5.95. The van der Waals surface area contributed by atoms with Gasteiger partial charge >= 0.3 is 0 Å². The molecule has 3 N–H and O–H groups in total. The lowest BCUT2D eigenvalue weighted by molar-refractivity contribution is 0.0943. The highest BCUT2D eigenvalue weighted by Gasteiger charge is 2.65. The minimum absolute atomic E-state index is 0.0138. The van der Waals surface area contributed by atoms with E-state index in [2.05, 4.69) is 44.9 Å². The first kappa shape index (κ1) is 15.6. The normalized spacial score (nSPS) is 18.6. The summed E-state index contributed by atoms with van der Waals surface area (Å²) in [6.07, 6.45) is 0. The summed E-state index contributed by atoms with van der Waals surface area (Å²) in [7, 11) is 0. The largest absolute Gasteiger partial charge is 0.348 e. The maximum Gasteiger partial charge on any atom is 0.251 e. The lowest BCUT2D eigenvalue weighted by Crippen LogP contribution is -2.29. The number of nitrogens with one attached hydrogen (secondary N) is 1. The van der Waals surface area contributed by atoms with Crippen LogP contribution < -0.4 is 11.1 Å². The lowest BCUT2D eigenvalue weighted by Gasteiger charge is -2.08. The number of aryl methyl sites for hydroxylation is 1. The first-order valence-electron chi connectivity index (χ1n) is 7.32. The molecule has 2 rings (SSSR count). The Hall–Kier alpha value is -1.79. The summed E-state index contributed by atoms with van der Waals surface area (Å²) in [4.78, 5) is 12.4. The monoisotopic (exact) mass is 284 g/mol. The molecule has 1 aromatic rings. The second-order valence-corrected chi connectivity index (χ2v) is 6.89. The van der Waals surface area contributed by atoms with Gasteiger partial charge < -0.3 is 11.1 Å². The number of rotatable bonds is 2. The van der Waals surface area contributed by atoms with Crippen molar-refractivity contribution in [1.82, 2.24) is 5.32 Å². The van der Waals surface area contributed by atoms with E-state index in [0.717, 1.165) is 11.1 Å². The number of hydrogen-bond acceptors (Lipinski definition) is 2. The van der Waals surface area contributed by atoms with Crippen LogP contribution in [-0.4, -0.2) is 18.5 Å². The lowest BCUT2D eigenvalue weighted by atomic mass is 10.0. The van der Waals surface area contributed by atoms with Gasteiger partial charge in [0.2, 0.25) is 0 Å². The maximum atomic E-state index is 12.4. The predicted molar refractivity (Wildman–Crippen MR) is 85.9 cm³/mol. The van der Waals surface area contributed by atoms with Gasteiger partial charge in [-0.15, -0.1) is 0 Å². The molecule has 112 valence electrons. The van der Waals surface area contributed by atoms with E-state index in [9.17, 15) is 4.79 Å². The van der Waals surface area contributed by atoms with E-state index in [1.165, 1.54) is 0 Å². The summed E-state index contributed by atoms with van der Waals surface area (Å²) in [6.45, 7) is 11.1. The molecule has 1 amide bonds. The molecule has 0 heterocycles. The third-order valence-electron chi connectivity index (χ3n) is 5.11. The van der Waals surface area contributed by atoms with Crippen molar-refractivity contribution < 1.29 is 4.79 Å². The molecule has 0 aromatic heterocycles. The molecule has 1 aromatic carbocycles. The molecule has 3 heteroatoms. The van der Waals surface area contributed by atoms with Gasteiger partial charge in [0, 0.05) is 17.2 Å². The summed E-state index contributed by atoms with van der Waals surface area (Å²) >= 11 is 0. The number of hydrogen-bond donors (Lipinski definition) is 2. The summed E-state index contributed by atoms with van der Waals surface area (Å²) in [6, 6.07) is 5.81. The average molecular weight is 284 g/mol. The fourth-order valence-electron chi connectivity index (χ4n) is 2.86. The van der Waals surface area contributed by atoms with Gasteiger partial charge in [-0.25, -0.2) is 0 Å². The van der Waals surface area contributed by atoms with Gasteiger partial charge in [-0.05, 0) is 41.5 Å². The van der Waals surface area contributed by atoms with Crippen molar-refractivity contribution in [2.45, 2.75) is 40.7 Å². The number of benzene rings is 1. The van der Waals surface area contributed by atoms with Crippen LogP contribution in [0.4, 0.5) is 0 Å². The summed E-state index contributed by atoms with van der Waals surface area (Å²) in [5, 5.41) is 3.15. The highest BCUT2D eigenvalue weighted by atomic mass is 16.1. The molecule has 0 aliphatic heterocycles. The molecule has 21 heavy (non-hydrogen) atoms. The first-order chi connectivity index (χ1) is 9.71. The van der Waals surface area contributed by atoms with Crippen molar-refractivity contribution >= 4 is 5.91 Å². The number of carbonyl (C=O) groups is 1. The molecule has 0 radical (unpaired) electrons. The number of amides is 1. The maximum absolute atomic E-state index is 12.4. The zero-order valence-electron chi connectivity index (χ0n) is 13.5. The van der Waals surface area contributed by atoms with E-state index in [0.29, 0.717) is 12.1 Å². The summed E-state index contributed by atoms with van der Waals surface area (Å²) in [5.41, 5.74) is 8.27. The van der Waals surface area contributed by atoms with Gasteiger partial charge in [0.25, 0.3) is 5.91 Å². The van der Waals surface area contributed by atoms with Crippen molar-refractivity contribution in [3.05, 3.63) is 34.9 Å². The van der Waals surface area contributed by atoms with Crippen LogP contribution in [0.2, 0.25) is 0 Å². The Morgan fingerprint density at radius 2 is 1.90 bits per heavy atom. The Kier molecular flexibility index (Phi) is 3.86. The zero-order valence-corrected chi connectivity index (χ0v) is 13.5. The molecule has 0 saturated heterocycles. The van der Waals surface area contributed by atoms with E-state index in [4.69, 9.17) is 5.73 Å². The van der Waals surface area contributed by atoms with Gasteiger partial charge in [-0.1, -0.05) is 39.5 Å². The fourth-order valence-corrected chi connectivity index (χ4v) is 2.86. The Morgan fingerprint density at radius 3 is 2.38 bits per heavy atom. The van der Waals surface area contributed by atoms with Crippen LogP contribution in [0.25, 0.3) is 0 Å². The minimum atomic E-state index is -0.0138. The van der Waals surface area contributed by atoms with Crippen LogP contribution in [0.15, 0.2) is 18.2 Å². The molecular weight excluding hydrogens is 260 g/mol. The Morgan fingerprint density at radius 1 is 1.29 bits per heavy atom. The van der Waals surface area contributed by atoms with Crippen LogP contribution in [0, 0.1) is 29.6 Å². The minimum Gasteiger partial charge on any atom is -0.348 e. The molecule has 1 aliphatic rings. The summed E-state index contributed by atoms with van der Waals surface area (Å²) < 4.78 is 0. The van der Waals surface area contributed by atoms with E-state index in [1.54, 1.807) is 0 Å². The van der Waals surface area contributed by atoms with E-state index in [1.807, 2.05) is 25.1 Å². The highest BCUT2D eigenvalue weighted by Crippen LogP contribution is 2.62. The van der Waals surface area contributed by atoms with E-state index in [-0.39, 0.29) is 22.8 Å². The molecule has 1 saturated carbocycles. The van der Waals surface area contributed by atoms with E-state index < -0.39 is 0 Å². The fraction of sp³-hybridized carbons (Fsp3) is 0.500. The molecule has 3 nitrogen and oxygen atoms in total. The molecule has 1 aliphatic carbocycles. The predicted octanol–water partition coefficient (Wildman–Crippen LogP) is 2.47. The Balaban J connectivity index is 2.13. The second-order valence-electron chi connectivity index (χ2n) is 6.89. The van der Waals surface area contributed by atoms with Gasteiger partial charge in [0.05, 0.1) is 6.54 Å². The van der Waals surface area contributed by atoms with Gasteiger partial charge in [0.1, 0.15) is 0 Å². The topological polar surface area (TPSA) is 55.1 Å². The Bertz CT molecular complexity index is 618. The quantitative estimate of drug-likeness (QED) is 0.820. The van der Waals surface area contributed by atoms with Crippen molar-refractivity contribution in [2.24, 2.45) is 16.6 Å². The SMILES string of the molecule is Cc1cc(C(=O)NC2C(C)(C)C2(C)C)ccc1C#CCN. The standard InChI is InChI=1S/C18H24N2O/c1-12-11-14(9-8-13(12)7-6-10-19)15(21)20-16-17(2,3)18(16,4)5/h8-9,11,16H,10,19H2,1-5H3,(H,20,21). The van der Waals surface area contributed by atoms with Crippen molar-refractivity contribution in [1.29, 1.82) is 0 Å². The molecule has 0 spiro atoms. The molecular formula is C18H24N2O. The van der Waals surface area contributed by atoms with Crippen LogP contribution in [0.1, 0.15) is 49.2 Å². The third-order valence-corrected chi connectivity index (χ3v) is 5.11. The van der Waals surface area contributed by atoms with Crippen LogP contribution in [0.5, 0.6) is 0 Å². The van der Waals surface area contributed by atoms with Gasteiger partial charge in [0.15, 0.2) is 0 Å². The first-order valence-corrected chi connectivity index (χ1v) is 7.32. The molecule has 0 atom stereocenters. The van der Waals surface area contributed by atoms with Crippen LogP contribution in [-0.2, 0) is 0 Å². The smallest absolute Gasteiger partial charge is 0.251 e. The van der Waals surface area contributed by atoms with Crippen LogP contribution in [0.3, 0.4) is 0 Å². The van der Waals surface area contributed by atoms with Gasteiger partial charge in [-0.2, -0.15) is 0 Å². The van der Waals surface area contributed by atoms with Crippen LogP contribution >= 0.6 is 0 Å². The van der Waals surface area contributed by atoms with Crippen molar-refractivity contribution in [3.8, 4) is 11.8 Å². The second kappa shape index (κ2) is 5.20. The number of carbonyl (C=O) groups excluding carboxylic acids is 1. The summed E-state index contributed by atoms with van der Waals surface area (Å²) in [5.74, 6) is 5.83. The Labute approximate surface area is 127 Å². The number of nitrogens with two attached hydrogens (primary N) is 1. The molecule has 0 unspecified atom stereocenters. The third kappa shape index (κ3) is 2.69. The average Bonchev–Trinajstić information content (AvgIpc) is 2.79.